The molecule has 21 heavy (non-hydrogen) atoms. The molecule has 8 nitrogen and oxygen atoms in total. The summed E-state index contributed by atoms with van der Waals surface area (Å²) in [4.78, 5) is 24.7. The summed E-state index contributed by atoms with van der Waals surface area (Å²) in [5, 5.41) is 0. The number of pyridine rings is 1. The molecule has 0 aliphatic carbocycles. The summed E-state index contributed by atoms with van der Waals surface area (Å²) in [6, 6.07) is 2.63. The first-order valence-corrected chi connectivity index (χ1v) is 6.82. The molecule has 0 radical (unpaired) electrons. The molecular weight excluding hydrogens is 303 g/mol. The van der Waals surface area contributed by atoms with Gasteiger partial charge in [-0.15, -0.1) is 0 Å². The molecule has 1 amide bonds. The van der Waals surface area contributed by atoms with Crippen molar-refractivity contribution in [3.05, 3.63) is 42.5 Å². The van der Waals surface area contributed by atoms with Crippen molar-refractivity contribution >= 4 is 22.4 Å². The fraction of sp³-hybridized carbons (Fsp3) is 0.0909. The largest absolute Gasteiger partial charge is 0.488 e. The molecule has 0 fully saturated rings. The Labute approximate surface area is 119 Å². The molecule has 0 aromatic carbocycles. The number of amides is 1. The van der Waals surface area contributed by atoms with Gasteiger partial charge in [0.25, 0.3) is 5.91 Å². The number of halogens is 1. The van der Waals surface area contributed by atoms with Gasteiger partial charge in [-0.05, 0) is 12.1 Å². The number of carbonyl (C=O) groups is 1. The van der Waals surface area contributed by atoms with Gasteiger partial charge < -0.3 is 4.18 Å². The van der Waals surface area contributed by atoms with Crippen LogP contribution in [0.4, 0.5) is 9.83 Å². The van der Waals surface area contributed by atoms with Gasteiger partial charge in [-0.25, -0.2) is 9.97 Å². The van der Waals surface area contributed by atoms with Crippen LogP contribution >= 0.6 is 0 Å². The van der Waals surface area contributed by atoms with Crippen molar-refractivity contribution in [1.29, 1.82) is 0 Å². The maximum absolute atomic E-state index is 12.4. The minimum Gasteiger partial charge on any atom is -0.357 e. The van der Waals surface area contributed by atoms with E-state index in [-0.39, 0.29) is 11.5 Å². The van der Waals surface area contributed by atoms with Gasteiger partial charge in [-0.1, -0.05) is 3.89 Å². The Hall–Kier alpha value is -2.62. The van der Waals surface area contributed by atoms with Crippen molar-refractivity contribution in [2.24, 2.45) is 0 Å². The van der Waals surface area contributed by atoms with Crippen molar-refractivity contribution in [3.8, 4) is 5.75 Å². The molecule has 0 unspecified atom stereocenters. The zero-order chi connectivity index (χ0) is 15.5. The highest BCUT2D eigenvalue weighted by Gasteiger charge is 2.18. The van der Waals surface area contributed by atoms with Crippen molar-refractivity contribution in [2.75, 3.05) is 11.9 Å². The van der Waals surface area contributed by atoms with Crippen LogP contribution in [0.3, 0.4) is 0 Å². The number of carbonyl (C=O) groups excluding carboxylic acids is 1. The van der Waals surface area contributed by atoms with E-state index in [0.29, 0.717) is 0 Å². The average molecular weight is 312 g/mol. The maximum atomic E-state index is 12.4. The number of nitrogens with zero attached hydrogens (tertiary/aromatic N) is 4. The van der Waals surface area contributed by atoms with Gasteiger partial charge in [-0.2, -0.15) is 8.42 Å². The second-order valence-electron chi connectivity index (χ2n) is 3.80. The smallest absolute Gasteiger partial charge is 0.357 e. The minimum atomic E-state index is -5.18. The van der Waals surface area contributed by atoms with Crippen LogP contribution in [0, 0.1) is 0 Å². The SMILES string of the molecule is CN(C(=O)c1cncc(OS(=O)(=O)F)c1)c1ncccn1. The molecule has 0 saturated carbocycles. The van der Waals surface area contributed by atoms with E-state index in [4.69, 9.17) is 0 Å². The van der Waals surface area contributed by atoms with Crippen LogP contribution in [0.15, 0.2) is 36.9 Å². The van der Waals surface area contributed by atoms with Crippen molar-refractivity contribution < 1.29 is 21.3 Å². The summed E-state index contributed by atoms with van der Waals surface area (Å²) in [7, 11) is -3.75. The minimum absolute atomic E-state index is 0.00824. The second-order valence-corrected chi connectivity index (χ2v) is 4.75. The summed E-state index contributed by atoms with van der Waals surface area (Å²) in [6.07, 6.45) is 5.06. The molecule has 0 saturated heterocycles. The number of hydrogen-bond donors (Lipinski definition) is 0. The summed E-state index contributed by atoms with van der Waals surface area (Å²) in [6.45, 7) is 0. The molecule has 2 rings (SSSR count). The Morgan fingerprint density at radius 3 is 2.57 bits per heavy atom. The molecule has 0 bridgehead atoms. The van der Waals surface area contributed by atoms with E-state index in [9.17, 15) is 17.1 Å². The monoisotopic (exact) mass is 312 g/mol. The van der Waals surface area contributed by atoms with E-state index in [1.807, 2.05) is 0 Å². The van der Waals surface area contributed by atoms with Crippen LogP contribution in [-0.2, 0) is 10.5 Å². The van der Waals surface area contributed by atoms with E-state index in [1.165, 1.54) is 25.6 Å². The Bertz CT molecular complexity index is 754. The van der Waals surface area contributed by atoms with E-state index in [2.05, 4.69) is 19.1 Å². The van der Waals surface area contributed by atoms with Crippen molar-refractivity contribution in [1.82, 2.24) is 15.0 Å². The lowest BCUT2D eigenvalue weighted by Gasteiger charge is -2.14. The summed E-state index contributed by atoms with van der Waals surface area (Å²) < 4.78 is 37.3. The molecule has 0 aliphatic rings. The Morgan fingerprint density at radius 1 is 1.29 bits per heavy atom. The quantitative estimate of drug-likeness (QED) is 0.767. The Balaban J connectivity index is 2.26. The second kappa shape index (κ2) is 5.79. The molecule has 10 heteroatoms. The Morgan fingerprint density at radius 2 is 1.95 bits per heavy atom. The van der Waals surface area contributed by atoms with Crippen LogP contribution < -0.4 is 9.08 Å². The summed E-state index contributed by atoms with van der Waals surface area (Å²) in [5.74, 6) is -0.826. The van der Waals surface area contributed by atoms with Gasteiger partial charge in [0.1, 0.15) is 0 Å². The van der Waals surface area contributed by atoms with Crippen LogP contribution in [-0.4, -0.2) is 36.3 Å². The molecule has 0 N–H and O–H groups in total. The van der Waals surface area contributed by atoms with Gasteiger partial charge in [0.2, 0.25) is 5.95 Å². The van der Waals surface area contributed by atoms with E-state index < -0.39 is 22.2 Å². The van der Waals surface area contributed by atoms with Crippen LogP contribution in [0.2, 0.25) is 0 Å². The first-order valence-electron chi connectivity index (χ1n) is 5.51. The standard InChI is InChI=1S/C11H9FN4O4S/c1-16(11-14-3-2-4-15-11)10(17)8-5-9(7-13-6-8)20-21(12,18)19/h2-7H,1H3. The van der Waals surface area contributed by atoms with Gasteiger partial charge in [0.05, 0.1) is 11.8 Å². The molecule has 0 spiro atoms. The van der Waals surface area contributed by atoms with E-state index in [0.717, 1.165) is 17.2 Å². The third-order valence-electron chi connectivity index (χ3n) is 2.31. The highest BCUT2D eigenvalue weighted by atomic mass is 32.3. The fourth-order valence-corrected chi connectivity index (χ4v) is 1.77. The molecule has 110 valence electrons. The molecule has 0 aliphatic heterocycles. The molecule has 2 aromatic rings. The lowest BCUT2D eigenvalue weighted by molar-refractivity contribution is 0.0991. The number of aromatic nitrogens is 3. The van der Waals surface area contributed by atoms with E-state index in [1.54, 1.807) is 6.07 Å². The third-order valence-corrected chi connectivity index (χ3v) is 2.70. The highest BCUT2D eigenvalue weighted by molar-refractivity contribution is 7.81. The third kappa shape index (κ3) is 3.92. The van der Waals surface area contributed by atoms with Gasteiger partial charge >= 0.3 is 10.5 Å². The number of rotatable bonds is 4. The lowest BCUT2D eigenvalue weighted by atomic mass is 10.2. The molecule has 2 aromatic heterocycles. The van der Waals surface area contributed by atoms with Gasteiger partial charge in [0, 0.05) is 25.6 Å². The lowest BCUT2D eigenvalue weighted by Crippen LogP contribution is -2.28. The van der Waals surface area contributed by atoms with Gasteiger partial charge in [-0.3, -0.25) is 14.7 Å². The number of anilines is 1. The highest BCUT2D eigenvalue weighted by Crippen LogP contribution is 2.16. The maximum Gasteiger partial charge on any atom is 0.488 e. The average Bonchev–Trinajstić information content (AvgIpc) is 2.45. The van der Waals surface area contributed by atoms with Gasteiger partial charge in [0.15, 0.2) is 5.75 Å². The number of hydrogen-bond acceptors (Lipinski definition) is 7. The predicted molar refractivity (Wildman–Crippen MR) is 69.7 cm³/mol. The first-order chi connectivity index (χ1) is 9.87. The van der Waals surface area contributed by atoms with Crippen molar-refractivity contribution in [2.45, 2.75) is 0 Å². The van der Waals surface area contributed by atoms with Crippen LogP contribution in [0.25, 0.3) is 0 Å². The molecule has 2 heterocycles. The summed E-state index contributed by atoms with van der Waals surface area (Å²) in [5.41, 5.74) is -0.00824. The van der Waals surface area contributed by atoms with Crippen molar-refractivity contribution in [3.63, 3.8) is 0 Å². The van der Waals surface area contributed by atoms with E-state index >= 15 is 0 Å². The Kier molecular flexibility index (Phi) is 4.08. The fourth-order valence-electron chi connectivity index (χ4n) is 1.45. The normalized spacial score (nSPS) is 11.0. The first kappa shape index (κ1) is 14.8. The summed E-state index contributed by atoms with van der Waals surface area (Å²) >= 11 is 0. The molecular formula is C11H9FN4O4S. The van der Waals surface area contributed by atoms with Crippen LogP contribution in [0.1, 0.15) is 10.4 Å². The zero-order valence-corrected chi connectivity index (χ0v) is 11.5. The predicted octanol–water partition coefficient (Wildman–Crippen LogP) is 0.741. The zero-order valence-electron chi connectivity index (χ0n) is 10.7. The molecule has 0 atom stereocenters. The topological polar surface area (TPSA) is 102 Å². The van der Waals surface area contributed by atoms with Crippen LogP contribution in [0.5, 0.6) is 5.75 Å².